The van der Waals surface area contributed by atoms with Gasteiger partial charge in [0, 0.05) is 11.1 Å². The van der Waals surface area contributed by atoms with Gasteiger partial charge in [0.2, 0.25) is 0 Å². The molecule has 0 spiro atoms. The van der Waals surface area contributed by atoms with Crippen LogP contribution in [0.2, 0.25) is 0 Å². The molecule has 4 aliphatic rings. The molecule has 0 amide bonds. The van der Waals surface area contributed by atoms with E-state index in [-0.39, 0.29) is 17.5 Å². The van der Waals surface area contributed by atoms with Crippen molar-refractivity contribution in [1.29, 1.82) is 0 Å². The third-order valence-corrected chi connectivity index (χ3v) is 12.8. The first-order chi connectivity index (χ1) is 21.2. The summed E-state index contributed by atoms with van der Waals surface area (Å²) in [4.78, 5) is 13.0. The molecule has 234 valence electrons. The molecule has 9 atom stereocenters. The van der Waals surface area contributed by atoms with Crippen LogP contribution in [0.15, 0.2) is 72.3 Å². The molecule has 0 aliphatic heterocycles. The number of hydrogen-bond donors (Lipinski definition) is 0. The molecule has 4 aliphatic carbocycles. The summed E-state index contributed by atoms with van der Waals surface area (Å²) in [5, 5.41) is 0. The second kappa shape index (κ2) is 12.9. The van der Waals surface area contributed by atoms with Crippen molar-refractivity contribution in [2.75, 3.05) is 0 Å². The molecular formula is C42H54O2. The van der Waals surface area contributed by atoms with Crippen molar-refractivity contribution >= 4 is 5.97 Å². The summed E-state index contributed by atoms with van der Waals surface area (Å²) in [6.07, 6.45) is 15.0. The molecule has 0 saturated heterocycles. The Balaban J connectivity index is 1.29. The van der Waals surface area contributed by atoms with Gasteiger partial charge in [0.1, 0.15) is 6.10 Å². The number of ether oxygens (including phenoxy) is 1. The first kappa shape index (κ1) is 31.2. The van der Waals surface area contributed by atoms with E-state index in [1.807, 2.05) is 30.3 Å². The number of fused-ring (bicyclic) bond motifs is 5. The molecule has 2 nitrogen and oxygen atoms in total. The molecule has 0 N–H and O–H groups in total. The van der Waals surface area contributed by atoms with E-state index in [1.54, 1.807) is 0 Å². The first-order valence-corrected chi connectivity index (χ1v) is 17.7. The van der Waals surface area contributed by atoms with Crippen molar-refractivity contribution in [1.82, 2.24) is 0 Å². The van der Waals surface area contributed by atoms with Crippen LogP contribution in [-0.4, -0.2) is 12.1 Å². The lowest BCUT2D eigenvalue weighted by Crippen LogP contribution is -2.54. The summed E-state index contributed by atoms with van der Waals surface area (Å²) < 4.78 is 6.14. The number of esters is 1. The van der Waals surface area contributed by atoms with Crippen LogP contribution in [0.4, 0.5) is 0 Å². The Morgan fingerprint density at radius 1 is 0.841 bits per heavy atom. The Bertz CT molecular complexity index is 1380. The highest BCUT2D eigenvalue weighted by atomic mass is 16.5. The summed E-state index contributed by atoms with van der Waals surface area (Å²) in [6.45, 7) is 12.5. The maximum atomic E-state index is 13.0. The number of carbonyl (C=O) groups is 1. The molecule has 6 rings (SSSR count). The second-order valence-corrected chi connectivity index (χ2v) is 15.8. The average molecular weight is 591 g/mol. The van der Waals surface area contributed by atoms with E-state index in [9.17, 15) is 4.79 Å². The highest BCUT2D eigenvalue weighted by Gasteiger charge is 2.61. The largest absolute Gasteiger partial charge is 0.459 e. The van der Waals surface area contributed by atoms with Gasteiger partial charge in [-0.25, -0.2) is 4.79 Å². The van der Waals surface area contributed by atoms with E-state index in [0.717, 1.165) is 42.6 Å². The predicted octanol–water partition coefficient (Wildman–Crippen LogP) is 10.5. The number of hydrogen-bond acceptors (Lipinski definition) is 2. The van der Waals surface area contributed by atoms with E-state index in [2.05, 4.69) is 82.9 Å². The summed E-state index contributed by atoms with van der Waals surface area (Å²) in [7, 11) is 0. The van der Waals surface area contributed by atoms with Crippen molar-refractivity contribution in [3.05, 3.63) is 83.4 Å². The monoisotopic (exact) mass is 590 g/mol. The fourth-order valence-corrected chi connectivity index (χ4v) is 10.4. The van der Waals surface area contributed by atoms with Gasteiger partial charge in [-0.3, -0.25) is 0 Å². The smallest absolute Gasteiger partial charge is 0.338 e. The van der Waals surface area contributed by atoms with Crippen molar-refractivity contribution < 1.29 is 9.53 Å². The van der Waals surface area contributed by atoms with E-state index in [4.69, 9.17) is 4.74 Å². The average Bonchev–Trinajstić information content (AvgIpc) is 3.38. The molecule has 2 heteroatoms. The lowest BCUT2D eigenvalue weighted by molar-refractivity contribution is -0.0869. The zero-order valence-electron chi connectivity index (χ0n) is 27.9. The third-order valence-electron chi connectivity index (χ3n) is 12.8. The normalized spacial score (nSPS) is 34.9. The van der Waals surface area contributed by atoms with Gasteiger partial charge in [-0.05, 0) is 121 Å². The third kappa shape index (κ3) is 6.06. The van der Waals surface area contributed by atoms with Gasteiger partial charge in [-0.15, -0.1) is 0 Å². The lowest BCUT2D eigenvalue weighted by Gasteiger charge is -2.60. The predicted molar refractivity (Wildman–Crippen MR) is 181 cm³/mol. The van der Waals surface area contributed by atoms with Crippen LogP contribution in [0.3, 0.4) is 0 Å². The first-order valence-electron chi connectivity index (χ1n) is 17.7. The van der Waals surface area contributed by atoms with Crippen molar-refractivity contribution in [2.45, 2.75) is 105 Å². The quantitative estimate of drug-likeness (QED) is 0.237. The summed E-state index contributed by atoms with van der Waals surface area (Å²) in [5.41, 5.74) is 3.77. The van der Waals surface area contributed by atoms with Crippen LogP contribution in [-0.2, 0) is 4.74 Å². The van der Waals surface area contributed by atoms with E-state index < -0.39 is 0 Å². The van der Waals surface area contributed by atoms with Gasteiger partial charge in [0.25, 0.3) is 0 Å². The number of benzene rings is 2. The Labute approximate surface area is 267 Å². The molecular weight excluding hydrogens is 536 g/mol. The van der Waals surface area contributed by atoms with Crippen molar-refractivity contribution in [3.8, 4) is 11.8 Å². The molecule has 2 aromatic rings. The van der Waals surface area contributed by atoms with Crippen molar-refractivity contribution in [3.63, 3.8) is 0 Å². The van der Waals surface area contributed by atoms with Crippen LogP contribution >= 0.6 is 0 Å². The Morgan fingerprint density at radius 3 is 2.25 bits per heavy atom. The molecule has 0 radical (unpaired) electrons. The van der Waals surface area contributed by atoms with Gasteiger partial charge >= 0.3 is 5.97 Å². The minimum absolute atomic E-state index is 0.0340. The fourth-order valence-electron chi connectivity index (χ4n) is 10.4. The second-order valence-electron chi connectivity index (χ2n) is 15.8. The topological polar surface area (TPSA) is 26.3 Å². The summed E-state index contributed by atoms with van der Waals surface area (Å²) in [5.74, 6) is 11.9. The number of rotatable bonds is 7. The van der Waals surface area contributed by atoms with Gasteiger partial charge < -0.3 is 4.74 Å². The highest BCUT2D eigenvalue weighted by molar-refractivity contribution is 5.89. The molecule has 0 aromatic heterocycles. The van der Waals surface area contributed by atoms with Crippen LogP contribution in [0, 0.1) is 64.1 Å². The van der Waals surface area contributed by atoms with Crippen LogP contribution in [0.5, 0.6) is 0 Å². The maximum absolute atomic E-state index is 13.0. The maximum Gasteiger partial charge on any atom is 0.338 e. The molecule has 3 saturated carbocycles. The summed E-state index contributed by atoms with van der Waals surface area (Å²) in [6, 6.07) is 20.0. The number of allylic oxidation sites excluding steroid dienone is 2. The van der Waals surface area contributed by atoms with Crippen LogP contribution in [0.25, 0.3) is 0 Å². The zero-order chi connectivity index (χ0) is 30.9. The van der Waals surface area contributed by atoms with Crippen LogP contribution in [0.1, 0.15) is 115 Å². The van der Waals surface area contributed by atoms with E-state index in [0.29, 0.717) is 34.7 Å². The highest BCUT2D eigenvalue weighted by Crippen LogP contribution is 2.68. The van der Waals surface area contributed by atoms with Gasteiger partial charge in [0.15, 0.2) is 0 Å². The minimum Gasteiger partial charge on any atom is -0.459 e. The standard InChI is InChI=1S/C42H54O2/c1-29(2)13-12-14-30(3)36-21-22-37-39-33(20-19-31-15-8-6-9-16-31)27-34-28-35(44-40(43)32-17-10-7-11-18-32)23-25-41(34,4)38(39)24-26-42(36,37)5/h6-11,15-18,27,29-30,34-39H,12-14,21-26,28H2,1-5H3/t30-,34+,35+,36-,37+,38+,39+,41+,42-/m1/s1. The Morgan fingerprint density at radius 2 is 1.52 bits per heavy atom. The Kier molecular flexibility index (Phi) is 9.15. The fraction of sp³-hybridized carbons (Fsp3) is 0.595. The molecule has 0 unspecified atom stereocenters. The number of carbonyl (C=O) groups excluding carboxylic acids is 1. The summed E-state index contributed by atoms with van der Waals surface area (Å²) >= 11 is 0. The zero-order valence-corrected chi connectivity index (χ0v) is 27.9. The Hall–Kier alpha value is -2.79. The van der Waals surface area contributed by atoms with Gasteiger partial charge in [-0.2, -0.15) is 0 Å². The molecule has 3 fully saturated rings. The lowest BCUT2D eigenvalue weighted by atomic mass is 9.44. The van der Waals surface area contributed by atoms with Gasteiger partial charge in [0.05, 0.1) is 5.56 Å². The minimum atomic E-state index is -0.186. The van der Waals surface area contributed by atoms with Gasteiger partial charge in [-0.1, -0.05) is 108 Å². The molecule has 0 heterocycles. The van der Waals surface area contributed by atoms with E-state index in [1.165, 1.54) is 50.5 Å². The molecule has 2 aromatic carbocycles. The SMILES string of the molecule is CC(C)CCC[C@@H](C)[C@H]1CC[C@H]2[C@@H]3C(C#Cc4ccccc4)=C[C@H]4C[C@@H](OC(=O)c5ccccc5)CC[C@]4(C)[C@H]3CC[C@]12C. The van der Waals surface area contributed by atoms with Crippen molar-refractivity contribution in [2.24, 2.45) is 52.3 Å². The molecule has 44 heavy (non-hydrogen) atoms. The van der Waals surface area contributed by atoms with E-state index >= 15 is 0 Å². The molecule has 0 bridgehead atoms. The van der Waals surface area contributed by atoms with Crippen LogP contribution < -0.4 is 0 Å².